The first-order valence-electron chi connectivity index (χ1n) is 4.51. The second-order valence-corrected chi connectivity index (χ2v) is 3.96. The minimum atomic E-state index is -0.423. The minimum absolute atomic E-state index is 0.0682. The maximum Gasteiger partial charge on any atom is 0.283 e. The van der Waals surface area contributed by atoms with Crippen molar-refractivity contribution in [2.45, 2.75) is 19.3 Å². The molecule has 0 saturated carbocycles. The molecule has 0 heterocycles. The summed E-state index contributed by atoms with van der Waals surface area (Å²) in [5, 5.41) is 10.6. The van der Waals surface area contributed by atoms with Gasteiger partial charge in [0.1, 0.15) is 6.29 Å². The first-order valence-corrected chi connectivity index (χ1v) is 5.31. The maximum absolute atomic E-state index is 10.6. The van der Waals surface area contributed by atoms with Crippen LogP contribution >= 0.6 is 15.9 Å². The van der Waals surface area contributed by atoms with Crippen molar-refractivity contribution in [1.82, 2.24) is 0 Å². The summed E-state index contributed by atoms with van der Waals surface area (Å²) in [6.07, 6.45) is 2.76. The molecule has 1 aromatic rings. The lowest BCUT2D eigenvalue weighted by atomic mass is 10.1. The average Bonchev–Trinajstić information content (AvgIpc) is 2.20. The van der Waals surface area contributed by atoms with Crippen molar-refractivity contribution in [1.29, 1.82) is 0 Å². The zero-order valence-electron chi connectivity index (χ0n) is 7.98. The molecule has 0 atom stereocenters. The molecule has 0 unspecified atom stereocenters. The topological polar surface area (TPSA) is 60.2 Å². The van der Waals surface area contributed by atoms with E-state index in [1.165, 1.54) is 6.07 Å². The third-order valence-corrected chi connectivity index (χ3v) is 2.67. The zero-order chi connectivity index (χ0) is 11.3. The van der Waals surface area contributed by atoms with Gasteiger partial charge in [-0.15, -0.1) is 0 Å². The second-order valence-electron chi connectivity index (χ2n) is 3.10. The summed E-state index contributed by atoms with van der Waals surface area (Å²) in [6, 6.07) is 5.02. The number of rotatable bonds is 5. The molecule has 0 spiro atoms. The van der Waals surface area contributed by atoms with Gasteiger partial charge < -0.3 is 4.79 Å². The van der Waals surface area contributed by atoms with Crippen LogP contribution in [-0.2, 0) is 11.2 Å². The number of carbonyl (C=O) groups excluding carboxylic acids is 1. The summed E-state index contributed by atoms with van der Waals surface area (Å²) in [7, 11) is 0. The van der Waals surface area contributed by atoms with E-state index in [1.54, 1.807) is 6.07 Å². The van der Waals surface area contributed by atoms with Gasteiger partial charge in [0.05, 0.1) is 9.40 Å². The molecule has 4 nitrogen and oxygen atoms in total. The van der Waals surface area contributed by atoms with Crippen LogP contribution in [0.25, 0.3) is 0 Å². The number of unbranched alkanes of at least 4 members (excludes halogenated alkanes) is 1. The van der Waals surface area contributed by atoms with E-state index in [0.717, 1.165) is 18.3 Å². The van der Waals surface area contributed by atoms with Crippen molar-refractivity contribution in [2.75, 3.05) is 0 Å². The summed E-state index contributed by atoms with van der Waals surface area (Å²) in [6.45, 7) is 0. The minimum Gasteiger partial charge on any atom is -0.303 e. The summed E-state index contributed by atoms with van der Waals surface area (Å²) in [4.78, 5) is 20.3. The lowest BCUT2D eigenvalue weighted by Gasteiger charge is -2.00. The van der Waals surface area contributed by atoms with Crippen LogP contribution < -0.4 is 0 Å². The Morgan fingerprint density at radius 3 is 2.80 bits per heavy atom. The predicted molar refractivity (Wildman–Crippen MR) is 59.8 cm³/mol. The molecule has 0 aliphatic heterocycles. The fourth-order valence-electron chi connectivity index (χ4n) is 1.24. The fraction of sp³-hybridized carbons (Fsp3) is 0.300. The Morgan fingerprint density at radius 1 is 1.47 bits per heavy atom. The van der Waals surface area contributed by atoms with Gasteiger partial charge >= 0.3 is 0 Å². The molecule has 0 N–H and O–H groups in total. The van der Waals surface area contributed by atoms with Gasteiger partial charge in [0.25, 0.3) is 5.69 Å². The molecule has 1 aromatic carbocycles. The highest BCUT2D eigenvalue weighted by Crippen LogP contribution is 2.26. The quantitative estimate of drug-likeness (QED) is 0.358. The molecule has 0 aliphatic rings. The highest BCUT2D eigenvalue weighted by atomic mass is 79.9. The Balaban J connectivity index is 2.78. The Morgan fingerprint density at radius 2 is 2.20 bits per heavy atom. The van der Waals surface area contributed by atoms with E-state index >= 15 is 0 Å². The van der Waals surface area contributed by atoms with Crippen molar-refractivity contribution >= 4 is 27.9 Å². The van der Waals surface area contributed by atoms with Gasteiger partial charge in [0.15, 0.2) is 0 Å². The zero-order valence-corrected chi connectivity index (χ0v) is 9.57. The van der Waals surface area contributed by atoms with E-state index in [0.29, 0.717) is 17.3 Å². The largest absolute Gasteiger partial charge is 0.303 e. The van der Waals surface area contributed by atoms with E-state index in [1.807, 2.05) is 6.07 Å². The van der Waals surface area contributed by atoms with Gasteiger partial charge in [-0.1, -0.05) is 6.07 Å². The molecular weight excluding hydrogens is 262 g/mol. The van der Waals surface area contributed by atoms with Crippen LogP contribution in [0.4, 0.5) is 5.69 Å². The van der Waals surface area contributed by atoms with Gasteiger partial charge in [-0.2, -0.15) is 0 Å². The average molecular weight is 272 g/mol. The van der Waals surface area contributed by atoms with Crippen LogP contribution in [0.5, 0.6) is 0 Å². The number of nitrogens with zero attached hydrogens (tertiary/aromatic N) is 1. The van der Waals surface area contributed by atoms with Crippen molar-refractivity contribution in [3.8, 4) is 0 Å². The van der Waals surface area contributed by atoms with E-state index in [-0.39, 0.29) is 5.69 Å². The van der Waals surface area contributed by atoms with Crippen molar-refractivity contribution in [3.63, 3.8) is 0 Å². The van der Waals surface area contributed by atoms with E-state index < -0.39 is 4.92 Å². The first kappa shape index (κ1) is 11.8. The van der Waals surface area contributed by atoms with Crippen LogP contribution in [0.1, 0.15) is 18.4 Å². The Hall–Kier alpha value is -1.23. The van der Waals surface area contributed by atoms with Crippen molar-refractivity contribution in [3.05, 3.63) is 38.3 Å². The second kappa shape index (κ2) is 5.60. The Kier molecular flexibility index (Phi) is 4.42. The molecule has 0 aromatic heterocycles. The number of nitro benzene ring substituents is 1. The number of aryl methyl sites for hydroxylation is 1. The molecule has 0 fully saturated rings. The molecule has 1 rings (SSSR count). The lowest BCUT2D eigenvalue weighted by Crippen LogP contribution is -1.92. The number of carbonyl (C=O) groups is 1. The molecule has 0 amide bonds. The SMILES string of the molecule is O=CCCCc1ccc(Br)c([N+](=O)[O-])c1. The lowest BCUT2D eigenvalue weighted by molar-refractivity contribution is -0.385. The predicted octanol–water partition coefficient (Wildman–Crippen LogP) is 2.88. The van der Waals surface area contributed by atoms with Crippen molar-refractivity contribution in [2.24, 2.45) is 0 Å². The highest BCUT2D eigenvalue weighted by Gasteiger charge is 2.11. The first-order chi connectivity index (χ1) is 7.15. The van der Waals surface area contributed by atoms with Crippen LogP contribution in [0.2, 0.25) is 0 Å². The highest BCUT2D eigenvalue weighted by molar-refractivity contribution is 9.10. The normalized spacial score (nSPS) is 9.93. The van der Waals surface area contributed by atoms with E-state index in [9.17, 15) is 14.9 Å². The van der Waals surface area contributed by atoms with Crippen LogP contribution in [-0.4, -0.2) is 11.2 Å². The third-order valence-electron chi connectivity index (χ3n) is 1.99. The molecule has 5 heteroatoms. The molecular formula is C10H10BrNO3. The Bertz CT molecular complexity index is 379. The van der Waals surface area contributed by atoms with Gasteiger partial charge in [0, 0.05) is 12.5 Å². The number of aldehydes is 1. The smallest absolute Gasteiger partial charge is 0.283 e. The summed E-state index contributed by atoms with van der Waals surface area (Å²) in [5.41, 5.74) is 0.949. The summed E-state index contributed by atoms with van der Waals surface area (Å²) in [5.74, 6) is 0. The van der Waals surface area contributed by atoms with Crippen LogP contribution in [0, 0.1) is 10.1 Å². The van der Waals surface area contributed by atoms with Gasteiger partial charge in [-0.05, 0) is 40.4 Å². The Labute approximate surface area is 95.6 Å². The number of nitro groups is 1. The standard InChI is InChI=1S/C10H10BrNO3/c11-9-5-4-8(3-1-2-6-13)7-10(9)12(14)15/h4-7H,1-3H2. The van der Waals surface area contributed by atoms with E-state index in [4.69, 9.17) is 0 Å². The molecule has 0 bridgehead atoms. The fourth-order valence-corrected chi connectivity index (χ4v) is 1.63. The molecule has 0 saturated heterocycles. The summed E-state index contributed by atoms with van der Waals surface area (Å²) < 4.78 is 0.478. The van der Waals surface area contributed by atoms with Gasteiger partial charge in [-0.3, -0.25) is 10.1 Å². The molecule has 80 valence electrons. The summed E-state index contributed by atoms with van der Waals surface area (Å²) >= 11 is 3.12. The van der Waals surface area contributed by atoms with Crippen LogP contribution in [0.15, 0.2) is 22.7 Å². The number of halogens is 1. The molecule has 15 heavy (non-hydrogen) atoms. The molecule has 0 aliphatic carbocycles. The van der Waals surface area contributed by atoms with Gasteiger partial charge in [-0.25, -0.2) is 0 Å². The third kappa shape index (κ3) is 3.43. The van der Waals surface area contributed by atoms with Crippen molar-refractivity contribution < 1.29 is 9.72 Å². The number of hydrogen-bond donors (Lipinski definition) is 0. The van der Waals surface area contributed by atoms with E-state index in [2.05, 4.69) is 15.9 Å². The monoisotopic (exact) mass is 271 g/mol. The maximum atomic E-state index is 10.6. The van der Waals surface area contributed by atoms with Gasteiger partial charge in [0.2, 0.25) is 0 Å². The molecule has 0 radical (unpaired) electrons. The number of hydrogen-bond acceptors (Lipinski definition) is 3. The van der Waals surface area contributed by atoms with Crippen LogP contribution in [0.3, 0.4) is 0 Å². The number of benzene rings is 1.